The fraction of sp³-hybridized carbons (Fsp3) is 0.400. The molecule has 0 bridgehead atoms. The summed E-state index contributed by atoms with van der Waals surface area (Å²) in [7, 11) is 0. The van der Waals surface area contributed by atoms with Gasteiger partial charge in [0.25, 0.3) is 0 Å². The highest BCUT2D eigenvalue weighted by Crippen LogP contribution is 2.09. The van der Waals surface area contributed by atoms with Gasteiger partial charge in [-0.3, -0.25) is 4.98 Å². The van der Waals surface area contributed by atoms with Crippen molar-refractivity contribution in [3.05, 3.63) is 24.0 Å². The molecule has 0 saturated carbocycles. The van der Waals surface area contributed by atoms with Gasteiger partial charge >= 0.3 is 5.97 Å². The molecule has 82 valence electrons. The number of aromatic nitrogens is 1. The van der Waals surface area contributed by atoms with Crippen molar-refractivity contribution < 1.29 is 14.3 Å². The Morgan fingerprint density at radius 2 is 2.33 bits per heavy atom. The van der Waals surface area contributed by atoms with E-state index in [2.05, 4.69) is 4.98 Å². The van der Waals surface area contributed by atoms with E-state index in [1.54, 1.807) is 0 Å². The minimum atomic E-state index is -0.449. The van der Waals surface area contributed by atoms with Gasteiger partial charge in [-0.15, -0.1) is 0 Å². The summed E-state index contributed by atoms with van der Waals surface area (Å²) in [4.78, 5) is 15.2. The summed E-state index contributed by atoms with van der Waals surface area (Å²) in [6.45, 7) is 3.11. The predicted molar refractivity (Wildman–Crippen MR) is 55.4 cm³/mol. The third-order valence-corrected chi connectivity index (χ3v) is 1.74. The van der Waals surface area contributed by atoms with Gasteiger partial charge in [0.15, 0.2) is 0 Å². The lowest BCUT2D eigenvalue weighted by Crippen LogP contribution is -2.12. The SMILES string of the molecule is CCOCCOC(=O)c1ccncc1N. The molecule has 5 nitrogen and oxygen atoms in total. The number of nitrogens with two attached hydrogens (primary N) is 1. The van der Waals surface area contributed by atoms with Crippen molar-refractivity contribution in [1.29, 1.82) is 0 Å². The van der Waals surface area contributed by atoms with Crippen molar-refractivity contribution in [2.24, 2.45) is 0 Å². The number of nitrogens with zero attached hydrogens (tertiary/aromatic N) is 1. The molecule has 0 radical (unpaired) electrons. The summed E-state index contributed by atoms with van der Waals surface area (Å²) >= 11 is 0. The van der Waals surface area contributed by atoms with E-state index in [0.717, 1.165) is 0 Å². The van der Waals surface area contributed by atoms with Gasteiger partial charge in [-0.2, -0.15) is 0 Å². The van der Waals surface area contributed by atoms with Crippen LogP contribution < -0.4 is 5.73 Å². The summed E-state index contributed by atoms with van der Waals surface area (Å²) in [5, 5.41) is 0. The van der Waals surface area contributed by atoms with Crippen LogP contribution in [-0.4, -0.2) is 30.8 Å². The molecule has 0 unspecified atom stereocenters. The van der Waals surface area contributed by atoms with Gasteiger partial charge < -0.3 is 15.2 Å². The lowest BCUT2D eigenvalue weighted by molar-refractivity contribution is 0.0336. The van der Waals surface area contributed by atoms with E-state index >= 15 is 0 Å². The Morgan fingerprint density at radius 3 is 3.00 bits per heavy atom. The molecule has 5 heteroatoms. The Hall–Kier alpha value is -1.62. The van der Waals surface area contributed by atoms with E-state index < -0.39 is 5.97 Å². The first-order valence-electron chi connectivity index (χ1n) is 4.70. The van der Waals surface area contributed by atoms with E-state index in [4.69, 9.17) is 15.2 Å². The molecule has 2 N–H and O–H groups in total. The number of pyridine rings is 1. The van der Waals surface area contributed by atoms with Crippen molar-refractivity contribution in [1.82, 2.24) is 4.98 Å². The fourth-order valence-electron chi connectivity index (χ4n) is 1.01. The van der Waals surface area contributed by atoms with Crippen LogP contribution in [0.25, 0.3) is 0 Å². The van der Waals surface area contributed by atoms with Crippen molar-refractivity contribution in [3.8, 4) is 0 Å². The summed E-state index contributed by atoms with van der Waals surface area (Å²) in [5.74, 6) is -0.449. The van der Waals surface area contributed by atoms with Crippen LogP contribution >= 0.6 is 0 Å². The van der Waals surface area contributed by atoms with Crippen LogP contribution in [0, 0.1) is 0 Å². The number of nitrogen functional groups attached to an aromatic ring is 1. The van der Waals surface area contributed by atoms with Gasteiger partial charge in [-0.1, -0.05) is 0 Å². The molecule has 0 aliphatic carbocycles. The van der Waals surface area contributed by atoms with E-state index in [1.807, 2.05) is 6.92 Å². The van der Waals surface area contributed by atoms with Gasteiger partial charge in [0.05, 0.1) is 24.1 Å². The zero-order chi connectivity index (χ0) is 11.1. The molecule has 0 atom stereocenters. The van der Waals surface area contributed by atoms with Crippen molar-refractivity contribution in [2.45, 2.75) is 6.92 Å². The number of anilines is 1. The fourth-order valence-corrected chi connectivity index (χ4v) is 1.01. The van der Waals surface area contributed by atoms with Crippen molar-refractivity contribution in [3.63, 3.8) is 0 Å². The highest BCUT2D eigenvalue weighted by Gasteiger charge is 2.09. The van der Waals surface area contributed by atoms with Gasteiger partial charge in [0.2, 0.25) is 0 Å². The van der Waals surface area contributed by atoms with Crippen molar-refractivity contribution in [2.75, 3.05) is 25.6 Å². The van der Waals surface area contributed by atoms with Gasteiger partial charge in [0, 0.05) is 12.8 Å². The molecule has 1 rings (SSSR count). The second kappa shape index (κ2) is 5.98. The third kappa shape index (κ3) is 3.55. The topological polar surface area (TPSA) is 74.4 Å². The largest absolute Gasteiger partial charge is 0.460 e. The average molecular weight is 210 g/mol. The minimum Gasteiger partial charge on any atom is -0.460 e. The van der Waals surface area contributed by atoms with Crippen LogP contribution in [-0.2, 0) is 9.47 Å². The third-order valence-electron chi connectivity index (χ3n) is 1.74. The maximum Gasteiger partial charge on any atom is 0.340 e. The standard InChI is InChI=1S/C10H14N2O3/c1-2-14-5-6-15-10(13)8-3-4-12-7-9(8)11/h3-4,7H,2,5-6,11H2,1H3. The molecule has 1 aromatic rings. The number of carbonyl (C=O) groups excluding carboxylic acids is 1. The van der Waals surface area contributed by atoms with E-state index in [1.165, 1.54) is 18.5 Å². The Bertz CT molecular complexity index is 328. The highest BCUT2D eigenvalue weighted by atomic mass is 16.6. The number of esters is 1. The van der Waals surface area contributed by atoms with Gasteiger partial charge in [-0.25, -0.2) is 4.79 Å². The Kier molecular flexibility index (Phi) is 4.56. The number of hydrogen-bond donors (Lipinski definition) is 1. The Labute approximate surface area is 88.2 Å². The number of rotatable bonds is 5. The summed E-state index contributed by atoms with van der Waals surface area (Å²) in [5.41, 5.74) is 6.21. The van der Waals surface area contributed by atoms with Crippen LogP contribution in [0.1, 0.15) is 17.3 Å². The summed E-state index contributed by atoms with van der Waals surface area (Å²) in [6, 6.07) is 1.53. The second-order valence-electron chi connectivity index (χ2n) is 2.80. The van der Waals surface area contributed by atoms with E-state index in [-0.39, 0.29) is 6.61 Å². The molecule has 0 spiro atoms. The lowest BCUT2D eigenvalue weighted by atomic mass is 10.2. The molecular formula is C10H14N2O3. The van der Waals surface area contributed by atoms with E-state index in [9.17, 15) is 4.79 Å². The molecular weight excluding hydrogens is 196 g/mol. The molecule has 1 aromatic heterocycles. The van der Waals surface area contributed by atoms with E-state index in [0.29, 0.717) is 24.5 Å². The normalized spacial score (nSPS) is 9.93. The molecule has 0 aromatic carbocycles. The van der Waals surface area contributed by atoms with Crippen molar-refractivity contribution >= 4 is 11.7 Å². The molecule has 0 fully saturated rings. The van der Waals surface area contributed by atoms with Crippen LogP contribution in [0.4, 0.5) is 5.69 Å². The van der Waals surface area contributed by atoms with Crippen LogP contribution in [0.5, 0.6) is 0 Å². The smallest absolute Gasteiger partial charge is 0.340 e. The summed E-state index contributed by atoms with van der Waals surface area (Å²) < 4.78 is 9.97. The minimum absolute atomic E-state index is 0.231. The van der Waals surface area contributed by atoms with Crippen LogP contribution in [0.15, 0.2) is 18.5 Å². The number of hydrogen-bond acceptors (Lipinski definition) is 5. The molecule has 0 amide bonds. The molecule has 1 heterocycles. The lowest BCUT2D eigenvalue weighted by Gasteiger charge is -2.06. The molecule has 0 aliphatic heterocycles. The quantitative estimate of drug-likeness (QED) is 0.576. The molecule has 15 heavy (non-hydrogen) atoms. The first-order chi connectivity index (χ1) is 7.25. The zero-order valence-corrected chi connectivity index (χ0v) is 8.60. The average Bonchev–Trinajstić information content (AvgIpc) is 2.25. The predicted octanol–water partition coefficient (Wildman–Crippen LogP) is 0.857. The number of ether oxygens (including phenoxy) is 2. The second-order valence-corrected chi connectivity index (χ2v) is 2.80. The summed E-state index contributed by atoms with van der Waals surface area (Å²) in [6.07, 6.45) is 2.91. The number of carbonyl (C=O) groups is 1. The maximum absolute atomic E-state index is 11.4. The van der Waals surface area contributed by atoms with Gasteiger partial charge in [0.1, 0.15) is 6.61 Å². The van der Waals surface area contributed by atoms with Gasteiger partial charge in [-0.05, 0) is 13.0 Å². The Balaban J connectivity index is 2.44. The first kappa shape index (κ1) is 11.5. The first-order valence-corrected chi connectivity index (χ1v) is 4.70. The molecule has 0 aliphatic rings. The molecule has 0 saturated heterocycles. The van der Waals surface area contributed by atoms with Crippen LogP contribution in [0.3, 0.4) is 0 Å². The zero-order valence-electron chi connectivity index (χ0n) is 8.60. The Morgan fingerprint density at radius 1 is 1.53 bits per heavy atom. The highest BCUT2D eigenvalue weighted by molar-refractivity contribution is 5.94. The maximum atomic E-state index is 11.4. The van der Waals surface area contributed by atoms with Crippen LogP contribution in [0.2, 0.25) is 0 Å². The monoisotopic (exact) mass is 210 g/mol.